The first kappa shape index (κ1) is 28.5. The Labute approximate surface area is 227 Å². The summed E-state index contributed by atoms with van der Waals surface area (Å²) in [7, 11) is 0. The van der Waals surface area contributed by atoms with Crippen LogP contribution in [0.25, 0.3) is 5.70 Å². The van der Waals surface area contributed by atoms with E-state index in [1.807, 2.05) is 0 Å². The minimum atomic E-state index is -4.74. The normalized spacial score (nSPS) is 13.1. The van der Waals surface area contributed by atoms with Crippen LogP contribution < -0.4 is 9.64 Å². The van der Waals surface area contributed by atoms with Crippen molar-refractivity contribution in [3.63, 3.8) is 0 Å². The third kappa shape index (κ3) is 7.32. The molecule has 1 N–H and O–H groups in total. The highest BCUT2D eigenvalue weighted by atomic mass is 19.4. The number of phenolic OH excluding ortho intramolecular Hbond substituents is 1. The molecule has 0 spiro atoms. The highest BCUT2D eigenvalue weighted by molar-refractivity contribution is 5.91. The van der Waals surface area contributed by atoms with Gasteiger partial charge in [0, 0.05) is 23.5 Å². The van der Waals surface area contributed by atoms with Crippen LogP contribution in [-0.2, 0) is 6.18 Å². The molecule has 0 aliphatic heterocycles. The molecule has 1 saturated carbocycles. The molecule has 1 aliphatic carbocycles. The summed E-state index contributed by atoms with van der Waals surface area (Å²) in [6, 6.07) is 16.3. The third-order valence-corrected chi connectivity index (χ3v) is 6.56. The van der Waals surface area contributed by atoms with Gasteiger partial charge in [0.1, 0.15) is 23.9 Å². The molecule has 4 rings (SSSR count). The lowest BCUT2D eigenvalue weighted by atomic mass is 10.0. The molecular formula is C31H34F4N2O2. The van der Waals surface area contributed by atoms with Gasteiger partial charge in [0.2, 0.25) is 0 Å². The summed E-state index contributed by atoms with van der Waals surface area (Å²) in [5.74, 6) is -0.239. The molecule has 0 aromatic heterocycles. The zero-order chi connectivity index (χ0) is 28.0. The number of alkyl halides is 3. The molecule has 0 unspecified atom stereocenters. The van der Waals surface area contributed by atoms with Gasteiger partial charge in [-0.1, -0.05) is 13.8 Å². The summed E-state index contributed by atoms with van der Waals surface area (Å²) < 4.78 is 62.1. The number of aromatic hydroxyl groups is 1. The van der Waals surface area contributed by atoms with Gasteiger partial charge in [-0.3, -0.25) is 4.90 Å². The second-order valence-electron chi connectivity index (χ2n) is 9.68. The van der Waals surface area contributed by atoms with Crippen LogP contribution in [0.15, 0.2) is 72.3 Å². The molecule has 1 aliphatic rings. The maximum atomic E-state index is 14.1. The highest BCUT2D eigenvalue weighted by Gasteiger charge is 2.37. The second kappa shape index (κ2) is 12.6. The van der Waals surface area contributed by atoms with Crippen LogP contribution in [0.3, 0.4) is 0 Å². The summed E-state index contributed by atoms with van der Waals surface area (Å²) in [6.07, 6.45) is -1.30. The Hall–Kier alpha value is -3.52. The molecule has 0 atom stereocenters. The molecule has 0 amide bonds. The van der Waals surface area contributed by atoms with E-state index < -0.39 is 17.6 Å². The Morgan fingerprint density at radius 3 is 1.97 bits per heavy atom. The lowest BCUT2D eigenvalue weighted by molar-refractivity contribution is -0.138. The topological polar surface area (TPSA) is 35.9 Å². The number of ether oxygens (including phenoxy) is 1. The van der Waals surface area contributed by atoms with E-state index in [0.717, 1.165) is 44.1 Å². The van der Waals surface area contributed by atoms with E-state index in [-0.39, 0.29) is 11.3 Å². The summed E-state index contributed by atoms with van der Waals surface area (Å²) in [5.41, 5.74) is 1.30. The van der Waals surface area contributed by atoms with E-state index in [2.05, 4.69) is 18.7 Å². The fourth-order valence-electron chi connectivity index (χ4n) is 4.69. The van der Waals surface area contributed by atoms with Gasteiger partial charge in [-0.2, -0.15) is 13.2 Å². The van der Waals surface area contributed by atoms with Crippen molar-refractivity contribution in [3.8, 4) is 11.5 Å². The van der Waals surface area contributed by atoms with E-state index in [9.17, 15) is 22.7 Å². The van der Waals surface area contributed by atoms with E-state index in [1.54, 1.807) is 41.3 Å². The first-order valence-electron chi connectivity index (χ1n) is 13.3. The van der Waals surface area contributed by atoms with E-state index in [4.69, 9.17) is 4.74 Å². The first-order chi connectivity index (χ1) is 18.7. The highest BCUT2D eigenvalue weighted by Crippen LogP contribution is 2.47. The van der Waals surface area contributed by atoms with Crippen molar-refractivity contribution in [1.82, 2.24) is 4.90 Å². The predicted octanol–water partition coefficient (Wildman–Crippen LogP) is 8.39. The number of allylic oxidation sites excluding steroid dienone is 1. The zero-order valence-corrected chi connectivity index (χ0v) is 22.3. The van der Waals surface area contributed by atoms with E-state index >= 15 is 0 Å². The molecule has 0 saturated heterocycles. The average molecular weight is 543 g/mol. The Morgan fingerprint density at radius 2 is 1.44 bits per heavy atom. The molecule has 208 valence electrons. The van der Waals surface area contributed by atoms with Crippen molar-refractivity contribution in [2.45, 2.75) is 45.7 Å². The maximum absolute atomic E-state index is 14.1. The van der Waals surface area contributed by atoms with Crippen molar-refractivity contribution >= 4 is 17.1 Å². The van der Waals surface area contributed by atoms with Crippen molar-refractivity contribution in [2.75, 3.05) is 31.1 Å². The van der Waals surface area contributed by atoms with Crippen LogP contribution in [0.2, 0.25) is 0 Å². The summed E-state index contributed by atoms with van der Waals surface area (Å²) in [4.78, 5) is 4.09. The SMILES string of the molecule is CCCN(CCC)CCOc1ccc(N(C(=C2CC2)c2ccc(F)cc2C(F)(F)F)c2ccc(O)cc2)cc1. The summed E-state index contributed by atoms with van der Waals surface area (Å²) >= 11 is 0. The Morgan fingerprint density at radius 1 is 0.846 bits per heavy atom. The molecule has 0 heterocycles. The van der Waals surface area contributed by atoms with Gasteiger partial charge in [0.15, 0.2) is 0 Å². The van der Waals surface area contributed by atoms with Gasteiger partial charge >= 0.3 is 6.18 Å². The molecular weight excluding hydrogens is 508 g/mol. The molecule has 3 aromatic rings. The Bertz CT molecular complexity index is 1260. The van der Waals surface area contributed by atoms with Gasteiger partial charge in [-0.25, -0.2) is 4.39 Å². The number of nitrogens with zero attached hydrogens (tertiary/aromatic N) is 2. The summed E-state index contributed by atoms with van der Waals surface area (Å²) in [6.45, 7) is 7.66. The van der Waals surface area contributed by atoms with Gasteiger partial charge in [-0.05, 0) is 111 Å². The predicted molar refractivity (Wildman–Crippen MR) is 147 cm³/mol. The van der Waals surface area contributed by atoms with Gasteiger partial charge in [0.05, 0.1) is 11.3 Å². The quantitative estimate of drug-likeness (QED) is 0.233. The van der Waals surface area contributed by atoms with Crippen molar-refractivity contribution < 1.29 is 27.4 Å². The number of rotatable bonds is 12. The average Bonchev–Trinajstić information content (AvgIpc) is 3.74. The number of benzene rings is 3. The van der Waals surface area contributed by atoms with Crippen LogP contribution in [0.5, 0.6) is 11.5 Å². The molecule has 1 fully saturated rings. The number of anilines is 2. The number of halogens is 4. The monoisotopic (exact) mass is 542 g/mol. The smallest absolute Gasteiger partial charge is 0.417 e. The standard InChI is InChI=1S/C31H34F4N2O2/c1-3-17-36(18-4-2)19-20-39-27-14-10-25(11-15-27)37(24-8-12-26(38)13-9-24)30(22-5-6-22)28-16-7-23(32)21-29(28)31(33,34)35/h7-16,21,38H,3-6,17-20H2,1-2H3. The Balaban J connectivity index is 1.68. The first-order valence-corrected chi connectivity index (χ1v) is 13.3. The fraction of sp³-hybridized carbons (Fsp3) is 0.355. The second-order valence-corrected chi connectivity index (χ2v) is 9.68. The number of hydrogen-bond donors (Lipinski definition) is 1. The van der Waals surface area contributed by atoms with Crippen LogP contribution in [0, 0.1) is 5.82 Å². The van der Waals surface area contributed by atoms with Crippen LogP contribution >= 0.6 is 0 Å². The van der Waals surface area contributed by atoms with Crippen molar-refractivity contribution in [1.29, 1.82) is 0 Å². The van der Waals surface area contributed by atoms with Crippen LogP contribution in [-0.4, -0.2) is 36.2 Å². The van der Waals surface area contributed by atoms with Crippen molar-refractivity contribution in [2.24, 2.45) is 0 Å². The van der Waals surface area contributed by atoms with E-state index in [0.29, 0.717) is 48.3 Å². The molecule has 8 heteroatoms. The zero-order valence-electron chi connectivity index (χ0n) is 22.3. The molecule has 0 radical (unpaired) electrons. The van der Waals surface area contributed by atoms with Crippen molar-refractivity contribution in [3.05, 3.63) is 89.2 Å². The molecule has 0 bridgehead atoms. The minimum Gasteiger partial charge on any atom is -0.508 e. The van der Waals surface area contributed by atoms with Crippen LogP contribution in [0.1, 0.15) is 50.7 Å². The number of hydrogen-bond acceptors (Lipinski definition) is 4. The molecule has 3 aromatic carbocycles. The largest absolute Gasteiger partial charge is 0.508 e. The molecule has 4 nitrogen and oxygen atoms in total. The third-order valence-electron chi connectivity index (χ3n) is 6.56. The fourth-order valence-corrected chi connectivity index (χ4v) is 4.69. The van der Waals surface area contributed by atoms with Gasteiger partial charge in [0.25, 0.3) is 0 Å². The Kier molecular flexibility index (Phi) is 9.17. The van der Waals surface area contributed by atoms with Gasteiger partial charge in [-0.15, -0.1) is 0 Å². The van der Waals surface area contributed by atoms with Gasteiger partial charge < -0.3 is 14.7 Å². The number of phenols is 1. The molecule has 39 heavy (non-hydrogen) atoms. The van der Waals surface area contributed by atoms with E-state index in [1.165, 1.54) is 18.2 Å². The maximum Gasteiger partial charge on any atom is 0.417 e. The minimum absolute atomic E-state index is 0.0426. The lowest BCUT2D eigenvalue weighted by Gasteiger charge is -2.30. The summed E-state index contributed by atoms with van der Waals surface area (Å²) in [5, 5.41) is 9.85. The lowest BCUT2D eigenvalue weighted by Crippen LogP contribution is -2.30. The van der Waals surface area contributed by atoms with Crippen LogP contribution in [0.4, 0.5) is 28.9 Å².